The molecule has 0 saturated heterocycles. The molecule has 0 aromatic heterocycles. The van der Waals surface area contributed by atoms with E-state index in [9.17, 15) is 17.6 Å². The summed E-state index contributed by atoms with van der Waals surface area (Å²) in [5.74, 6) is -2.18. The third-order valence-corrected chi connectivity index (χ3v) is 4.83. The first kappa shape index (κ1) is 16.8. The quantitative estimate of drug-likeness (QED) is 0.871. The van der Waals surface area contributed by atoms with Crippen LogP contribution < -0.4 is 9.04 Å². The van der Waals surface area contributed by atoms with Crippen LogP contribution in [-0.2, 0) is 14.8 Å². The molecule has 0 bridgehead atoms. The molecule has 0 fully saturated rings. The number of halogens is 1. The molecule has 0 aliphatic rings. The minimum absolute atomic E-state index is 0.0145. The smallest absolute Gasteiger partial charge is 0.324 e. The van der Waals surface area contributed by atoms with Gasteiger partial charge in [0.2, 0.25) is 0 Å². The maximum Gasteiger partial charge on any atom is 0.324 e. The Balaban J connectivity index is 2.64. The summed E-state index contributed by atoms with van der Waals surface area (Å²) in [5, 5.41) is 9.05. The molecule has 8 heteroatoms. The van der Waals surface area contributed by atoms with Gasteiger partial charge in [0.25, 0.3) is 10.0 Å². The fourth-order valence-electron chi connectivity index (χ4n) is 2.03. The summed E-state index contributed by atoms with van der Waals surface area (Å²) in [6.45, 7) is -0.864. The summed E-state index contributed by atoms with van der Waals surface area (Å²) in [6, 6.07) is 10.8. The highest BCUT2D eigenvalue weighted by atomic mass is 32.2. The Hall–Kier alpha value is -2.61. The number of benzene rings is 2. The number of carboxylic acid groups (broad SMARTS) is 1. The van der Waals surface area contributed by atoms with E-state index in [0.29, 0.717) is 4.31 Å². The van der Waals surface area contributed by atoms with Crippen LogP contribution in [0.4, 0.5) is 10.1 Å². The van der Waals surface area contributed by atoms with Gasteiger partial charge in [0.1, 0.15) is 23.0 Å². The lowest BCUT2D eigenvalue weighted by Crippen LogP contribution is -2.36. The Morgan fingerprint density at radius 3 is 2.39 bits per heavy atom. The maximum atomic E-state index is 13.9. The first-order valence-corrected chi connectivity index (χ1v) is 7.94. The summed E-state index contributed by atoms with van der Waals surface area (Å²) in [6.07, 6.45) is 0. The number of aliphatic carboxylic acids is 1. The number of methoxy groups -OCH3 is 1. The fraction of sp³-hybridized carbons (Fsp3) is 0.133. The van der Waals surface area contributed by atoms with E-state index < -0.39 is 33.3 Å². The number of rotatable bonds is 6. The monoisotopic (exact) mass is 339 g/mol. The Kier molecular flexibility index (Phi) is 4.85. The van der Waals surface area contributed by atoms with E-state index >= 15 is 0 Å². The first-order chi connectivity index (χ1) is 10.9. The lowest BCUT2D eigenvalue weighted by molar-refractivity contribution is -0.135. The van der Waals surface area contributed by atoms with Crippen molar-refractivity contribution in [3.8, 4) is 5.75 Å². The van der Waals surface area contributed by atoms with Crippen LogP contribution in [0.15, 0.2) is 53.4 Å². The second-order valence-corrected chi connectivity index (χ2v) is 6.34. The molecule has 6 nitrogen and oxygen atoms in total. The molecule has 0 amide bonds. The number of sulfonamides is 1. The van der Waals surface area contributed by atoms with E-state index in [1.165, 1.54) is 37.4 Å². The fourth-order valence-corrected chi connectivity index (χ4v) is 3.52. The van der Waals surface area contributed by atoms with Gasteiger partial charge in [0.05, 0.1) is 12.8 Å². The predicted molar refractivity (Wildman–Crippen MR) is 81.6 cm³/mol. The molecule has 0 atom stereocenters. The zero-order valence-electron chi connectivity index (χ0n) is 12.1. The van der Waals surface area contributed by atoms with Crippen molar-refractivity contribution in [2.45, 2.75) is 4.90 Å². The standard InChI is InChI=1S/C15H14FNO5S/c1-22-13-8-4-3-7-12(13)17(10-15(18)19)23(20,21)14-9-5-2-6-11(14)16/h2-9H,10H2,1H3,(H,18,19). The zero-order valence-corrected chi connectivity index (χ0v) is 13.0. The van der Waals surface area contributed by atoms with Crippen molar-refractivity contribution in [2.24, 2.45) is 0 Å². The molecule has 2 aromatic rings. The van der Waals surface area contributed by atoms with Crippen molar-refractivity contribution >= 4 is 21.7 Å². The van der Waals surface area contributed by atoms with Crippen molar-refractivity contribution in [3.63, 3.8) is 0 Å². The van der Waals surface area contributed by atoms with Gasteiger partial charge in [-0.3, -0.25) is 9.10 Å². The first-order valence-electron chi connectivity index (χ1n) is 6.50. The molecule has 2 rings (SSSR count). The van der Waals surface area contributed by atoms with E-state index in [-0.39, 0.29) is 11.4 Å². The van der Waals surface area contributed by atoms with Crippen LogP contribution in [0, 0.1) is 5.82 Å². The van der Waals surface area contributed by atoms with Crippen molar-refractivity contribution in [1.29, 1.82) is 0 Å². The number of hydrogen-bond donors (Lipinski definition) is 1. The molecule has 2 aromatic carbocycles. The topological polar surface area (TPSA) is 83.9 Å². The summed E-state index contributed by atoms with van der Waals surface area (Å²) in [5.41, 5.74) is 0.0145. The van der Waals surface area contributed by atoms with E-state index in [1.807, 2.05) is 0 Å². The van der Waals surface area contributed by atoms with Gasteiger partial charge in [0.15, 0.2) is 0 Å². The summed E-state index contributed by atoms with van der Waals surface area (Å²) in [7, 11) is -3.09. The molecular weight excluding hydrogens is 325 g/mol. The van der Waals surface area contributed by atoms with Crippen LogP contribution in [0.25, 0.3) is 0 Å². The third-order valence-electron chi connectivity index (χ3n) is 3.04. The molecular formula is C15H14FNO5S. The van der Waals surface area contributed by atoms with Gasteiger partial charge in [-0.15, -0.1) is 0 Å². The van der Waals surface area contributed by atoms with Gasteiger partial charge in [-0.2, -0.15) is 0 Å². The minimum atomic E-state index is -4.41. The Labute approximate surface area is 132 Å². The molecule has 0 heterocycles. The highest BCUT2D eigenvalue weighted by Crippen LogP contribution is 2.32. The van der Waals surface area contributed by atoms with E-state index in [1.54, 1.807) is 6.07 Å². The van der Waals surface area contributed by atoms with Gasteiger partial charge in [-0.05, 0) is 24.3 Å². The number of hydrogen-bond acceptors (Lipinski definition) is 4. The molecule has 0 spiro atoms. The summed E-state index contributed by atoms with van der Waals surface area (Å²) >= 11 is 0. The highest BCUT2D eigenvalue weighted by Gasteiger charge is 2.31. The second-order valence-electron chi connectivity index (χ2n) is 4.51. The predicted octanol–water partition coefficient (Wildman–Crippen LogP) is 2.11. The lowest BCUT2D eigenvalue weighted by atomic mass is 10.3. The van der Waals surface area contributed by atoms with Crippen molar-refractivity contribution in [1.82, 2.24) is 0 Å². The average molecular weight is 339 g/mol. The second kappa shape index (κ2) is 6.66. The third kappa shape index (κ3) is 3.42. The molecule has 0 radical (unpaired) electrons. The SMILES string of the molecule is COc1ccccc1N(CC(=O)O)S(=O)(=O)c1ccccc1F. The van der Waals surface area contributed by atoms with Gasteiger partial charge >= 0.3 is 5.97 Å². The lowest BCUT2D eigenvalue weighted by Gasteiger charge is -2.24. The molecule has 0 unspecified atom stereocenters. The molecule has 1 N–H and O–H groups in total. The number of nitrogens with zero attached hydrogens (tertiary/aromatic N) is 1. The highest BCUT2D eigenvalue weighted by molar-refractivity contribution is 7.92. The van der Waals surface area contributed by atoms with Crippen LogP contribution in [0.2, 0.25) is 0 Å². The Morgan fingerprint density at radius 2 is 1.78 bits per heavy atom. The van der Waals surface area contributed by atoms with Gasteiger partial charge in [-0.1, -0.05) is 24.3 Å². The largest absolute Gasteiger partial charge is 0.495 e. The number of ether oxygens (including phenoxy) is 1. The van der Waals surface area contributed by atoms with Crippen LogP contribution in [0.3, 0.4) is 0 Å². The van der Waals surface area contributed by atoms with Crippen molar-refractivity contribution in [3.05, 3.63) is 54.3 Å². The number of para-hydroxylation sites is 2. The Morgan fingerprint density at radius 1 is 1.17 bits per heavy atom. The van der Waals surface area contributed by atoms with Gasteiger partial charge < -0.3 is 9.84 Å². The minimum Gasteiger partial charge on any atom is -0.495 e. The Bertz CT molecular complexity index is 822. The average Bonchev–Trinajstić information content (AvgIpc) is 2.52. The maximum absolute atomic E-state index is 13.9. The molecule has 0 saturated carbocycles. The molecule has 23 heavy (non-hydrogen) atoms. The molecule has 122 valence electrons. The number of carbonyl (C=O) groups is 1. The number of anilines is 1. The summed E-state index contributed by atoms with van der Waals surface area (Å²) in [4.78, 5) is 10.5. The molecule has 0 aliphatic carbocycles. The van der Waals surface area contributed by atoms with Gasteiger partial charge in [-0.25, -0.2) is 12.8 Å². The zero-order chi connectivity index (χ0) is 17.0. The van der Waals surface area contributed by atoms with Crippen LogP contribution in [-0.4, -0.2) is 33.1 Å². The van der Waals surface area contributed by atoms with E-state index in [4.69, 9.17) is 9.84 Å². The van der Waals surface area contributed by atoms with Crippen molar-refractivity contribution < 1.29 is 27.4 Å². The van der Waals surface area contributed by atoms with Crippen LogP contribution in [0.5, 0.6) is 5.75 Å². The number of carboxylic acids is 1. The normalized spacial score (nSPS) is 11.0. The summed E-state index contributed by atoms with van der Waals surface area (Å²) < 4.78 is 45.0. The van der Waals surface area contributed by atoms with E-state index in [0.717, 1.165) is 12.1 Å². The van der Waals surface area contributed by atoms with Crippen LogP contribution in [0.1, 0.15) is 0 Å². The van der Waals surface area contributed by atoms with Gasteiger partial charge in [0, 0.05) is 0 Å². The van der Waals surface area contributed by atoms with Crippen molar-refractivity contribution in [2.75, 3.05) is 18.0 Å². The molecule has 0 aliphatic heterocycles. The van der Waals surface area contributed by atoms with E-state index in [2.05, 4.69) is 0 Å². The van der Waals surface area contributed by atoms with Crippen LogP contribution >= 0.6 is 0 Å².